The minimum Gasteiger partial charge on any atom is -0.481 e. The maximum atomic E-state index is 12.4. The first-order valence-corrected chi connectivity index (χ1v) is 8.97. The van der Waals surface area contributed by atoms with Gasteiger partial charge in [-0.3, -0.25) is 4.79 Å². The smallest absolute Gasteiger partial charge is 0.410 e. The van der Waals surface area contributed by atoms with Crippen molar-refractivity contribution in [1.82, 2.24) is 4.90 Å². The molecule has 2 rings (SSSR count). The number of benzene rings is 1. The molecule has 0 radical (unpaired) electrons. The molecule has 1 aromatic rings. The fraction of sp³-hybridized carbons (Fsp3) is 0.556. The van der Waals surface area contributed by atoms with Crippen LogP contribution in [0.5, 0.6) is 0 Å². The van der Waals surface area contributed by atoms with Crippen LogP contribution >= 0.6 is 23.2 Å². The first-order valence-electron chi connectivity index (χ1n) is 8.22. The van der Waals surface area contributed by atoms with E-state index in [4.69, 9.17) is 32.7 Å². The molecule has 1 aliphatic rings. The van der Waals surface area contributed by atoms with Crippen molar-refractivity contribution < 1.29 is 24.2 Å². The van der Waals surface area contributed by atoms with E-state index >= 15 is 0 Å². The average Bonchev–Trinajstić information content (AvgIpc) is 2.69. The van der Waals surface area contributed by atoms with Crippen LogP contribution in [-0.4, -0.2) is 47.4 Å². The van der Waals surface area contributed by atoms with Crippen LogP contribution < -0.4 is 0 Å². The number of ether oxygens (including phenoxy) is 2. The summed E-state index contributed by atoms with van der Waals surface area (Å²) in [6.45, 7) is 7.17. The Morgan fingerprint density at radius 3 is 2.50 bits per heavy atom. The van der Waals surface area contributed by atoms with Crippen molar-refractivity contribution in [3.8, 4) is 0 Å². The monoisotopic (exact) mass is 403 g/mol. The lowest BCUT2D eigenvalue weighted by Gasteiger charge is -2.34. The summed E-state index contributed by atoms with van der Waals surface area (Å²) in [6, 6.07) is 4.88. The first kappa shape index (κ1) is 20.8. The molecule has 8 heteroatoms. The van der Waals surface area contributed by atoms with E-state index in [1.165, 1.54) is 4.90 Å². The predicted octanol–water partition coefficient (Wildman–Crippen LogP) is 4.39. The van der Waals surface area contributed by atoms with Gasteiger partial charge in [-0.25, -0.2) is 4.79 Å². The molecule has 1 heterocycles. The van der Waals surface area contributed by atoms with Crippen molar-refractivity contribution >= 4 is 35.3 Å². The summed E-state index contributed by atoms with van der Waals surface area (Å²) in [6.07, 6.45) is -1.36. The predicted molar refractivity (Wildman–Crippen MR) is 98.7 cm³/mol. The minimum atomic E-state index is -1.38. The Balaban J connectivity index is 2.35. The van der Waals surface area contributed by atoms with Crippen LogP contribution in [0.4, 0.5) is 4.79 Å². The Morgan fingerprint density at radius 1 is 1.31 bits per heavy atom. The number of hydrogen-bond donors (Lipinski definition) is 1. The molecule has 0 unspecified atom stereocenters. The van der Waals surface area contributed by atoms with E-state index in [1.807, 2.05) is 0 Å². The molecule has 0 bridgehead atoms. The van der Waals surface area contributed by atoms with Crippen LogP contribution in [0.1, 0.15) is 39.4 Å². The Kier molecular flexibility index (Phi) is 6.10. The van der Waals surface area contributed by atoms with Crippen molar-refractivity contribution in [1.29, 1.82) is 0 Å². The molecule has 0 aromatic heterocycles. The molecule has 26 heavy (non-hydrogen) atoms. The molecule has 1 saturated heterocycles. The maximum Gasteiger partial charge on any atom is 0.410 e. The zero-order valence-electron chi connectivity index (χ0n) is 15.2. The maximum absolute atomic E-state index is 12.4. The first-order chi connectivity index (χ1) is 11.9. The van der Waals surface area contributed by atoms with E-state index in [2.05, 4.69) is 0 Å². The zero-order chi connectivity index (χ0) is 19.7. The van der Waals surface area contributed by atoms with Gasteiger partial charge in [-0.1, -0.05) is 29.3 Å². The van der Waals surface area contributed by atoms with Crippen LogP contribution in [-0.2, 0) is 14.3 Å². The molecule has 1 N–H and O–H groups in total. The molecule has 0 saturated carbocycles. The van der Waals surface area contributed by atoms with E-state index in [9.17, 15) is 14.7 Å². The van der Waals surface area contributed by atoms with Crippen LogP contribution in [0.2, 0.25) is 10.0 Å². The lowest BCUT2D eigenvalue weighted by Crippen LogP contribution is -2.47. The number of carboxylic acid groups (broad SMARTS) is 1. The van der Waals surface area contributed by atoms with Gasteiger partial charge in [0.05, 0.1) is 16.7 Å². The highest BCUT2D eigenvalue weighted by molar-refractivity contribution is 6.42. The number of carbonyl (C=O) groups is 2. The number of halogens is 2. The highest BCUT2D eigenvalue weighted by Gasteiger charge is 2.48. The lowest BCUT2D eigenvalue weighted by atomic mass is 9.80. The summed E-state index contributed by atoms with van der Waals surface area (Å²) < 4.78 is 11.2. The highest BCUT2D eigenvalue weighted by Crippen LogP contribution is 2.41. The summed E-state index contributed by atoms with van der Waals surface area (Å²) in [5.74, 6) is -1.08. The molecule has 1 amide bonds. The summed E-state index contributed by atoms with van der Waals surface area (Å²) in [5, 5.41) is 10.6. The zero-order valence-corrected chi connectivity index (χ0v) is 16.7. The number of hydrogen-bond acceptors (Lipinski definition) is 4. The number of carbonyl (C=O) groups excluding carboxylic acids is 1. The van der Waals surface area contributed by atoms with Crippen LogP contribution in [0.3, 0.4) is 0 Å². The van der Waals surface area contributed by atoms with Gasteiger partial charge in [0.2, 0.25) is 0 Å². The Bertz CT molecular complexity index is 703. The van der Waals surface area contributed by atoms with E-state index in [1.54, 1.807) is 45.9 Å². The largest absolute Gasteiger partial charge is 0.481 e. The van der Waals surface area contributed by atoms with Crippen molar-refractivity contribution in [2.75, 3.05) is 19.7 Å². The fourth-order valence-corrected chi connectivity index (χ4v) is 3.13. The van der Waals surface area contributed by atoms with Gasteiger partial charge in [-0.2, -0.15) is 0 Å². The van der Waals surface area contributed by atoms with Gasteiger partial charge in [-0.15, -0.1) is 0 Å². The number of amides is 1. The Labute approximate surface area is 163 Å². The molecule has 144 valence electrons. The third kappa shape index (κ3) is 4.61. The second-order valence-corrected chi connectivity index (χ2v) is 8.36. The van der Waals surface area contributed by atoms with Gasteiger partial charge in [0.25, 0.3) is 0 Å². The number of rotatable bonds is 2. The lowest BCUT2D eigenvalue weighted by molar-refractivity contribution is -0.157. The van der Waals surface area contributed by atoms with E-state index in [0.717, 1.165) is 0 Å². The summed E-state index contributed by atoms with van der Waals surface area (Å²) in [7, 11) is 0. The van der Waals surface area contributed by atoms with Crippen molar-refractivity contribution in [3.05, 3.63) is 33.8 Å². The van der Waals surface area contributed by atoms with Crippen molar-refractivity contribution in [2.24, 2.45) is 5.41 Å². The SMILES string of the molecule is CC(C)(C)OC(=O)N1CCO[C@@H](c2ccc(Cl)c(Cl)c2)[C@](C)(C(=O)O)C1. The van der Waals surface area contributed by atoms with Gasteiger partial charge >= 0.3 is 12.1 Å². The second-order valence-electron chi connectivity index (χ2n) is 7.55. The molecule has 2 atom stereocenters. The van der Waals surface area contributed by atoms with Gasteiger partial charge in [0.15, 0.2) is 0 Å². The topological polar surface area (TPSA) is 76.1 Å². The molecular weight excluding hydrogens is 381 g/mol. The van der Waals surface area contributed by atoms with Gasteiger partial charge < -0.3 is 19.5 Å². The standard InChI is InChI=1S/C18H23Cl2NO5/c1-17(2,3)26-16(24)21-7-8-25-14(18(4,10-21)15(22)23)11-5-6-12(19)13(20)9-11/h5-6,9,14H,7-8,10H2,1-4H3,(H,22,23)/t14-,18+/m0/s1. The van der Waals surface area contributed by atoms with Gasteiger partial charge in [-0.05, 0) is 45.4 Å². The van der Waals surface area contributed by atoms with Crippen LogP contribution in [0, 0.1) is 5.41 Å². The molecule has 0 spiro atoms. The number of carboxylic acids is 1. The summed E-state index contributed by atoms with van der Waals surface area (Å²) in [4.78, 5) is 25.9. The third-order valence-corrected chi connectivity index (χ3v) is 4.87. The fourth-order valence-electron chi connectivity index (χ4n) is 2.82. The van der Waals surface area contributed by atoms with Crippen molar-refractivity contribution in [3.63, 3.8) is 0 Å². The quantitative estimate of drug-likeness (QED) is 0.791. The molecule has 0 aliphatic carbocycles. The molecule has 1 aromatic carbocycles. The van der Waals surface area contributed by atoms with Crippen LogP contribution in [0.15, 0.2) is 18.2 Å². The Morgan fingerprint density at radius 2 is 1.96 bits per heavy atom. The molecule has 1 fully saturated rings. The van der Waals surface area contributed by atoms with Gasteiger partial charge in [0, 0.05) is 13.1 Å². The number of nitrogens with zero attached hydrogens (tertiary/aromatic N) is 1. The third-order valence-electron chi connectivity index (χ3n) is 4.13. The summed E-state index contributed by atoms with van der Waals surface area (Å²) in [5.41, 5.74) is -1.47. The summed E-state index contributed by atoms with van der Waals surface area (Å²) >= 11 is 12.0. The second kappa shape index (κ2) is 7.62. The molecule has 1 aliphatic heterocycles. The van der Waals surface area contributed by atoms with Crippen molar-refractivity contribution in [2.45, 2.75) is 39.4 Å². The van der Waals surface area contributed by atoms with E-state index in [-0.39, 0.29) is 19.7 Å². The normalized spacial score (nSPS) is 24.1. The van der Waals surface area contributed by atoms with E-state index in [0.29, 0.717) is 15.6 Å². The average molecular weight is 404 g/mol. The number of aliphatic carboxylic acids is 1. The van der Waals surface area contributed by atoms with E-state index < -0.39 is 29.2 Å². The Hall–Kier alpha value is -1.50. The highest BCUT2D eigenvalue weighted by atomic mass is 35.5. The van der Waals surface area contributed by atoms with Crippen LogP contribution in [0.25, 0.3) is 0 Å². The molecule has 6 nitrogen and oxygen atoms in total. The minimum absolute atomic E-state index is 0.0534. The van der Waals surface area contributed by atoms with Gasteiger partial charge in [0.1, 0.15) is 17.1 Å². The molecular formula is C18H23Cl2NO5.